The van der Waals surface area contributed by atoms with Crippen LogP contribution in [-0.4, -0.2) is 17.6 Å². The summed E-state index contributed by atoms with van der Waals surface area (Å²) in [6.07, 6.45) is 5.34. The monoisotopic (exact) mass is 297 g/mol. The van der Waals surface area contributed by atoms with Gasteiger partial charge in [-0.25, -0.2) is 0 Å². The average molecular weight is 297 g/mol. The van der Waals surface area contributed by atoms with E-state index in [1.165, 1.54) is 0 Å². The number of rotatable bonds is 4. The summed E-state index contributed by atoms with van der Waals surface area (Å²) in [6, 6.07) is 9.05. The summed E-state index contributed by atoms with van der Waals surface area (Å²) in [6.45, 7) is 6.18. The molecule has 0 radical (unpaired) electrons. The fraction of sp³-hybridized carbons (Fsp3) is 0.294. The third-order valence-corrected chi connectivity index (χ3v) is 3.02. The number of anilines is 2. The zero-order valence-corrected chi connectivity index (χ0v) is 12.9. The second-order valence-electron chi connectivity index (χ2n) is 5.95. The third kappa shape index (κ3) is 4.13. The zero-order valence-electron chi connectivity index (χ0n) is 12.9. The van der Waals surface area contributed by atoms with Crippen LogP contribution in [0.5, 0.6) is 0 Å². The Bertz CT molecular complexity index is 705. The molecule has 0 aliphatic carbocycles. The molecular weight excluding hydrogens is 278 g/mol. The summed E-state index contributed by atoms with van der Waals surface area (Å²) in [5.74, 6) is 2.67. The average Bonchev–Trinajstić information content (AvgIpc) is 2.94. The van der Waals surface area contributed by atoms with Gasteiger partial charge in [0.2, 0.25) is 11.8 Å². The Balaban J connectivity index is 1.90. The van der Waals surface area contributed by atoms with Crippen LogP contribution < -0.4 is 10.6 Å². The minimum Gasteiger partial charge on any atom is -0.376 e. The lowest BCUT2D eigenvalue weighted by Gasteiger charge is -2.12. The number of carbonyl (C=O) groups is 1. The highest BCUT2D eigenvalue weighted by Crippen LogP contribution is 2.23. The van der Waals surface area contributed by atoms with Crippen molar-refractivity contribution in [2.45, 2.75) is 26.2 Å². The summed E-state index contributed by atoms with van der Waals surface area (Å²) >= 11 is 0. The maximum absolute atomic E-state index is 11.9. The number of nitrogens with one attached hydrogen (secondary N) is 2. The Kier molecular flexibility index (Phi) is 4.52. The molecule has 114 valence electrons. The molecule has 2 aromatic rings. The van der Waals surface area contributed by atoms with E-state index in [2.05, 4.69) is 21.7 Å². The second-order valence-corrected chi connectivity index (χ2v) is 5.95. The van der Waals surface area contributed by atoms with Crippen LogP contribution in [0.1, 0.15) is 32.0 Å². The Labute approximate surface area is 130 Å². The van der Waals surface area contributed by atoms with Crippen molar-refractivity contribution in [3.63, 3.8) is 0 Å². The number of carbonyl (C=O) groups excluding carboxylic acids is 1. The molecule has 0 saturated heterocycles. The highest BCUT2D eigenvalue weighted by Gasteiger charge is 2.19. The third-order valence-electron chi connectivity index (χ3n) is 3.02. The van der Waals surface area contributed by atoms with Crippen molar-refractivity contribution in [3.05, 3.63) is 41.6 Å². The van der Waals surface area contributed by atoms with E-state index in [1.54, 1.807) is 12.1 Å². The van der Waals surface area contributed by atoms with Gasteiger partial charge in [0.25, 0.3) is 0 Å². The molecule has 5 heteroatoms. The first-order valence-corrected chi connectivity index (χ1v) is 6.96. The van der Waals surface area contributed by atoms with Crippen molar-refractivity contribution in [3.8, 4) is 12.3 Å². The molecular formula is C17H19N3O2. The molecule has 0 aliphatic rings. The molecule has 1 aromatic carbocycles. The van der Waals surface area contributed by atoms with Crippen LogP contribution >= 0.6 is 0 Å². The topological polar surface area (TPSA) is 67.2 Å². The summed E-state index contributed by atoms with van der Waals surface area (Å²) in [5.41, 5.74) is 2.21. The van der Waals surface area contributed by atoms with Crippen LogP contribution in [-0.2, 0) is 10.2 Å². The van der Waals surface area contributed by atoms with Crippen molar-refractivity contribution < 1.29 is 9.32 Å². The Morgan fingerprint density at radius 2 is 2.14 bits per heavy atom. The molecule has 22 heavy (non-hydrogen) atoms. The van der Waals surface area contributed by atoms with Crippen LogP contribution in [0, 0.1) is 12.3 Å². The molecule has 5 nitrogen and oxygen atoms in total. The lowest BCUT2D eigenvalue weighted by molar-refractivity contribution is -0.114. The smallest absolute Gasteiger partial charge is 0.246 e. The Morgan fingerprint density at radius 3 is 2.77 bits per heavy atom. The molecule has 0 bridgehead atoms. The van der Waals surface area contributed by atoms with E-state index in [9.17, 15) is 4.79 Å². The van der Waals surface area contributed by atoms with Crippen molar-refractivity contribution in [1.29, 1.82) is 0 Å². The number of benzene rings is 1. The van der Waals surface area contributed by atoms with Gasteiger partial charge in [-0.1, -0.05) is 37.9 Å². The lowest BCUT2D eigenvalue weighted by Crippen LogP contribution is -2.21. The van der Waals surface area contributed by atoms with Gasteiger partial charge in [0.15, 0.2) is 0 Å². The molecule has 0 unspecified atom stereocenters. The van der Waals surface area contributed by atoms with Gasteiger partial charge >= 0.3 is 0 Å². The van der Waals surface area contributed by atoms with Crippen LogP contribution in [0.25, 0.3) is 0 Å². The fourth-order valence-electron chi connectivity index (χ4n) is 1.77. The molecule has 0 atom stereocenters. The first-order valence-electron chi connectivity index (χ1n) is 6.96. The number of nitrogens with zero attached hydrogens (tertiary/aromatic N) is 1. The molecule has 1 aromatic heterocycles. The van der Waals surface area contributed by atoms with E-state index < -0.39 is 0 Å². The maximum Gasteiger partial charge on any atom is 0.246 e. The van der Waals surface area contributed by atoms with Crippen LogP contribution in [0.2, 0.25) is 0 Å². The van der Waals surface area contributed by atoms with Crippen LogP contribution in [0.15, 0.2) is 34.9 Å². The summed E-state index contributed by atoms with van der Waals surface area (Å²) in [7, 11) is 0. The van der Waals surface area contributed by atoms with Gasteiger partial charge in [-0.3, -0.25) is 10.1 Å². The molecule has 0 fully saturated rings. The molecule has 0 aliphatic heterocycles. The summed E-state index contributed by atoms with van der Waals surface area (Å²) in [5, 5.41) is 9.62. The van der Waals surface area contributed by atoms with Crippen LogP contribution in [0.3, 0.4) is 0 Å². The van der Waals surface area contributed by atoms with E-state index >= 15 is 0 Å². The predicted molar refractivity (Wildman–Crippen MR) is 86.7 cm³/mol. The number of aromatic nitrogens is 1. The molecule has 2 rings (SSSR count). The summed E-state index contributed by atoms with van der Waals surface area (Å²) < 4.78 is 5.11. The molecule has 2 N–H and O–H groups in total. The molecule has 0 saturated carbocycles. The van der Waals surface area contributed by atoms with Crippen molar-refractivity contribution >= 4 is 17.5 Å². The van der Waals surface area contributed by atoms with Crippen LogP contribution in [0.4, 0.5) is 11.6 Å². The maximum atomic E-state index is 11.9. The quantitative estimate of drug-likeness (QED) is 0.851. The van der Waals surface area contributed by atoms with Crippen molar-refractivity contribution in [2.75, 3.05) is 17.2 Å². The van der Waals surface area contributed by atoms with Gasteiger partial charge in [0, 0.05) is 22.7 Å². The van der Waals surface area contributed by atoms with Gasteiger partial charge in [-0.2, -0.15) is 0 Å². The summed E-state index contributed by atoms with van der Waals surface area (Å²) in [4.78, 5) is 11.9. The number of amides is 1. The normalized spacial score (nSPS) is 10.8. The zero-order chi connectivity index (χ0) is 16.2. The highest BCUT2D eigenvalue weighted by molar-refractivity contribution is 5.92. The number of terminal acetylenes is 1. The molecule has 1 amide bonds. The van der Waals surface area contributed by atoms with Gasteiger partial charge in [-0.15, -0.1) is 6.42 Å². The highest BCUT2D eigenvalue weighted by atomic mass is 16.5. The standard InChI is InChI=1S/C17H19N3O2/c1-5-12-7-6-8-13(9-12)18-11-15(21)19-16-10-14(20-22-16)17(2,3)4/h1,6-10,18H,11H2,2-4H3,(H,19,21). The Hall–Kier alpha value is -2.74. The second kappa shape index (κ2) is 6.35. The van der Waals surface area contributed by atoms with Gasteiger partial charge in [0.05, 0.1) is 12.2 Å². The number of hydrogen-bond donors (Lipinski definition) is 2. The van der Waals surface area contributed by atoms with Gasteiger partial charge < -0.3 is 9.84 Å². The van der Waals surface area contributed by atoms with E-state index in [-0.39, 0.29) is 17.9 Å². The van der Waals surface area contributed by atoms with Gasteiger partial charge in [0.1, 0.15) is 0 Å². The largest absolute Gasteiger partial charge is 0.376 e. The molecule has 0 spiro atoms. The Morgan fingerprint density at radius 1 is 1.36 bits per heavy atom. The fourth-order valence-corrected chi connectivity index (χ4v) is 1.77. The van der Waals surface area contributed by atoms with E-state index in [1.807, 2.05) is 39.0 Å². The first-order chi connectivity index (χ1) is 10.4. The van der Waals surface area contributed by atoms with E-state index in [0.29, 0.717) is 5.88 Å². The van der Waals surface area contributed by atoms with Crippen molar-refractivity contribution in [1.82, 2.24) is 5.16 Å². The minimum absolute atomic E-state index is 0.111. The lowest BCUT2D eigenvalue weighted by atomic mass is 9.92. The molecule has 1 heterocycles. The predicted octanol–water partition coefficient (Wildman–Crippen LogP) is 3.00. The van der Waals surface area contributed by atoms with E-state index in [0.717, 1.165) is 16.9 Å². The van der Waals surface area contributed by atoms with E-state index in [4.69, 9.17) is 10.9 Å². The minimum atomic E-state index is -0.220. The van der Waals surface area contributed by atoms with Crippen molar-refractivity contribution in [2.24, 2.45) is 0 Å². The van der Waals surface area contributed by atoms with Gasteiger partial charge in [-0.05, 0) is 18.2 Å². The SMILES string of the molecule is C#Cc1cccc(NCC(=O)Nc2cc(C(C)(C)C)no2)c1. The number of hydrogen-bond acceptors (Lipinski definition) is 4. The first kappa shape index (κ1) is 15.6.